The van der Waals surface area contributed by atoms with Gasteiger partial charge in [0.15, 0.2) is 0 Å². The molecule has 6 rings (SSSR count). The maximum Gasteiger partial charge on any atom is 0.408 e. The average Bonchev–Trinajstić information content (AvgIpc) is 3.67. The number of piperazine rings is 1. The van der Waals surface area contributed by atoms with Crippen molar-refractivity contribution in [2.75, 3.05) is 19.6 Å². The Balaban J connectivity index is 1.23. The van der Waals surface area contributed by atoms with Crippen LogP contribution in [0.2, 0.25) is 0 Å². The van der Waals surface area contributed by atoms with Gasteiger partial charge < -0.3 is 19.9 Å². The van der Waals surface area contributed by atoms with Crippen molar-refractivity contribution in [1.82, 2.24) is 20.0 Å². The van der Waals surface area contributed by atoms with E-state index in [0.29, 0.717) is 25.9 Å². The maximum atomic E-state index is 14.0. The third-order valence-electron chi connectivity index (χ3n) is 8.74. The van der Waals surface area contributed by atoms with Gasteiger partial charge in [0.05, 0.1) is 18.2 Å². The fourth-order valence-electron chi connectivity index (χ4n) is 7.14. The van der Waals surface area contributed by atoms with Crippen molar-refractivity contribution < 1.29 is 19.1 Å². The Labute approximate surface area is 241 Å². The summed E-state index contributed by atoms with van der Waals surface area (Å²) in [4.78, 5) is 46.2. The molecular formula is C32H37N5O4. The van der Waals surface area contributed by atoms with E-state index < -0.39 is 23.8 Å². The summed E-state index contributed by atoms with van der Waals surface area (Å²) in [6.07, 6.45) is 0.593. The second-order valence-corrected chi connectivity index (χ2v) is 12.9. The highest BCUT2D eigenvalue weighted by Crippen LogP contribution is 2.50. The highest BCUT2D eigenvalue weighted by molar-refractivity contribution is 5.90. The molecule has 0 spiro atoms. The molecule has 2 aromatic rings. The molecule has 4 aliphatic rings. The number of alkyl carbamates (subject to hydrolysis) is 1. The first-order valence-electron chi connectivity index (χ1n) is 14.5. The van der Waals surface area contributed by atoms with Crippen LogP contribution in [0.15, 0.2) is 48.5 Å². The molecule has 4 unspecified atom stereocenters. The number of ether oxygens (including phenoxy) is 1. The SMILES string of the molecule is CC1CC(C#N)N(C(=O)C(CN2C[C@@H]3CC2C(=O)N3C2c3ccccc3-c3ccccc32)NC(=O)OC(C)(C)C)C1. The van der Waals surface area contributed by atoms with E-state index in [2.05, 4.69) is 35.7 Å². The highest BCUT2D eigenvalue weighted by Gasteiger charge is 2.54. The first kappa shape index (κ1) is 27.3. The summed E-state index contributed by atoms with van der Waals surface area (Å²) in [5.74, 6) is -0.0655. The zero-order valence-corrected chi connectivity index (χ0v) is 24.0. The Morgan fingerprint density at radius 2 is 1.68 bits per heavy atom. The number of likely N-dealkylation sites (tertiary alicyclic amines) is 3. The van der Waals surface area contributed by atoms with Crippen LogP contribution in [0.4, 0.5) is 4.79 Å². The Morgan fingerprint density at radius 1 is 1.05 bits per heavy atom. The summed E-state index contributed by atoms with van der Waals surface area (Å²) >= 11 is 0. The molecule has 9 nitrogen and oxygen atoms in total. The minimum absolute atomic E-state index is 0.00680. The van der Waals surface area contributed by atoms with Crippen molar-refractivity contribution in [2.45, 2.75) is 76.3 Å². The molecule has 3 saturated heterocycles. The van der Waals surface area contributed by atoms with Crippen molar-refractivity contribution in [3.63, 3.8) is 0 Å². The van der Waals surface area contributed by atoms with Crippen molar-refractivity contribution in [1.29, 1.82) is 5.26 Å². The van der Waals surface area contributed by atoms with E-state index >= 15 is 0 Å². The molecule has 9 heteroatoms. The van der Waals surface area contributed by atoms with E-state index in [-0.39, 0.29) is 42.4 Å². The van der Waals surface area contributed by atoms with Gasteiger partial charge in [-0.05, 0) is 61.8 Å². The lowest BCUT2D eigenvalue weighted by Gasteiger charge is -2.39. The van der Waals surface area contributed by atoms with Crippen LogP contribution in [0.1, 0.15) is 57.7 Å². The second kappa shape index (κ2) is 10.2. The fourth-order valence-corrected chi connectivity index (χ4v) is 7.14. The summed E-state index contributed by atoms with van der Waals surface area (Å²) in [5, 5.41) is 12.5. The number of nitrogens with zero attached hydrogens (tertiary/aromatic N) is 4. The maximum absolute atomic E-state index is 14.0. The lowest BCUT2D eigenvalue weighted by Crippen LogP contribution is -2.59. The molecule has 3 amide bonds. The van der Waals surface area contributed by atoms with Crippen LogP contribution in [0, 0.1) is 17.2 Å². The number of carbonyl (C=O) groups excluding carboxylic acids is 3. The van der Waals surface area contributed by atoms with Gasteiger partial charge in [-0.15, -0.1) is 0 Å². The third-order valence-corrected chi connectivity index (χ3v) is 8.74. The van der Waals surface area contributed by atoms with Crippen LogP contribution in [-0.2, 0) is 14.3 Å². The summed E-state index contributed by atoms with van der Waals surface area (Å²) in [6.45, 7) is 8.56. The molecule has 3 fully saturated rings. The summed E-state index contributed by atoms with van der Waals surface area (Å²) in [5.41, 5.74) is 3.89. The van der Waals surface area contributed by atoms with E-state index in [1.54, 1.807) is 25.7 Å². The molecule has 214 valence electrons. The zero-order valence-electron chi connectivity index (χ0n) is 24.0. The molecular weight excluding hydrogens is 518 g/mol. The standard InChI is InChI=1S/C32H37N5O4/c1-19-13-20(15-33)36(16-19)29(38)26(34-31(40)41-32(2,3)4)18-35-17-21-14-27(35)30(39)37(21)28-24-11-7-5-9-22(24)23-10-6-8-12-25(23)28/h5-12,19-21,26-28H,13-14,16-18H2,1-4H3,(H,34,40)/t19?,20?,21-,26?,27?/m0/s1. The van der Waals surface area contributed by atoms with Crippen LogP contribution in [-0.4, -0.2) is 82.0 Å². The van der Waals surface area contributed by atoms with Crippen LogP contribution >= 0.6 is 0 Å². The first-order chi connectivity index (χ1) is 19.6. The van der Waals surface area contributed by atoms with Crippen LogP contribution in [0.5, 0.6) is 0 Å². The summed E-state index contributed by atoms with van der Waals surface area (Å²) in [6, 6.07) is 16.8. The molecule has 0 saturated carbocycles. The van der Waals surface area contributed by atoms with Gasteiger partial charge in [0, 0.05) is 25.7 Å². The number of hydrogen-bond donors (Lipinski definition) is 1. The van der Waals surface area contributed by atoms with Gasteiger partial charge >= 0.3 is 6.09 Å². The summed E-state index contributed by atoms with van der Waals surface area (Å²) < 4.78 is 5.47. The van der Waals surface area contributed by atoms with Crippen molar-refractivity contribution in [3.8, 4) is 17.2 Å². The molecule has 3 heterocycles. The number of hydrogen-bond acceptors (Lipinski definition) is 6. The number of nitrogens with one attached hydrogen (secondary N) is 1. The Hall–Kier alpha value is -3.90. The molecule has 1 aliphatic carbocycles. The third kappa shape index (κ3) is 4.84. The van der Waals surface area contributed by atoms with Crippen molar-refractivity contribution in [2.24, 2.45) is 5.92 Å². The first-order valence-corrected chi connectivity index (χ1v) is 14.5. The lowest BCUT2D eigenvalue weighted by molar-refractivity contribution is -0.140. The van der Waals surface area contributed by atoms with Gasteiger partial charge in [-0.1, -0.05) is 55.5 Å². The number of carbonyl (C=O) groups is 3. The van der Waals surface area contributed by atoms with Gasteiger partial charge in [-0.2, -0.15) is 5.26 Å². The lowest BCUT2D eigenvalue weighted by atomic mass is 10.0. The van der Waals surface area contributed by atoms with E-state index in [4.69, 9.17) is 4.74 Å². The zero-order chi connectivity index (χ0) is 29.1. The number of amides is 3. The monoisotopic (exact) mass is 555 g/mol. The average molecular weight is 556 g/mol. The largest absolute Gasteiger partial charge is 0.444 e. The molecule has 0 radical (unpaired) electrons. The summed E-state index contributed by atoms with van der Waals surface area (Å²) in [7, 11) is 0. The predicted molar refractivity (Wildman–Crippen MR) is 152 cm³/mol. The predicted octanol–water partition coefficient (Wildman–Crippen LogP) is 3.70. The van der Waals surface area contributed by atoms with Gasteiger partial charge in [0.2, 0.25) is 11.8 Å². The van der Waals surface area contributed by atoms with Crippen molar-refractivity contribution >= 4 is 17.9 Å². The fraction of sp³-hybridized carbons (Fsp3) is 0.500. The minimum Gasteiger partial charge on any atom is -0.444 e. The molecule has 2 bridgehead atoms. The molecule has 5 atom stereocenters. The van der Waals surface area contributed by atoms with Crippen LogP contribution in [0.25, 0.3) is 11.1 Å². The molecule has 2 aromatic carbocycles. The topological polar surface area (TPSA) is 106 Å². The van der Waals surface area contributed by atoms with E-state index in [1.165, 1.54) is 11.1 Å². The Kier molecular flexibility index (Phi) is 6.77. The number of benzene rings is 2. The Bertz CT molecular complexity index is 1380. The molecule has 1 N–H and O–H groups in total. The smallest absolute Gasteiger partial charge is 0.408 e. The van der Waals surface area contributed by atoms with Gasteiger partial charge in [0.1, 0.15) is 17.7 Å². The molecule has 0 aromatic heterocycles. The van der Waals surface area contributed by atoms with Crippen LogP contribution in [0.3, 0.4) is 0 Å². The van der Waals surface area contributed by atoms with Crippen molar-refractivity contribution in [3.05, 3.63) is 59.7 Å². The molecule has 41 heavy (non-hydrogen) atoms. The molecule has 3 aliphatic heterocycles. The normalized spacial score (nSPS) is 26.1. The quantitative estimate of drug-likeness (QED) is 0.603. The van der Waals surface area contributed by atoms with Gasteiger partial charge in [-0.3, -0.25) is 14.5 Å². The van der Waals surface area contributed by atoms with Gasteiger partial charge in [-0.25, -0.2) is 4.79 Å². The van der Waals surface area contributed by atoms with Crippen LogP contribution < -0.4 is 5.32 Å². The minimum atomic E-state index is -0.931. The number of fused-ring (bicyclic) bond motifs is 5. The van der Waals surface area contributed by atoms with Gasteiger partial charge in [0.25, 0.3) is 0 Å². The van der Waals surface area contributed by atoms with E-state index in [9.17, 15) is 19.6 Å². The number of rotatable bonds is 5. The van der Waals surface area contributed by atoms with E-state index in [1.807, 2.05) is 41.0 Å². The second-order valence-electron chi connectivity index (χ2n) is 12.9. The Morgan fingerprint density at radius 3 is 2.27 bits per heavy atom. The van der Waals surface area contributed by atoms with E-state index in [0.717, 1.165) is 11.1 Å². The number of nitriles is 1. The highest BCUT2D eigenvalue weighted by atomic mass is 16.6.